The van der Waals surface area contributed by atoms with Crippen molar-refractivity contribution in [2.45, 2.75) is 12.5 Å². The summed E-state index contributed by atoms with van der Waals surface area (Å²) >= 11 is 0. The summed E-state index contributed by atoms with van der Waals surface area (Å²) in [5.74, 6) is 0.00610. The van der Waals surface area contributed by atoms with Gasteiger partial charge in [0.25, 0.3) is 0 Å². The third-order valence-electron chi connectivity index (χ3n) is 3.12. The van der Waals surface area contributed by atoms with Crippen molar-refractivity contribution in [2.75, 3.05) is 20.6 Å². The Bertz CT molecular complexity index is 555. The Morgan fingerprint density at radius 3 is 2.48 bits per heavy atom. The molecule has 4 heteroatoms. The van der Waals surface area contributed by atoms with Gasteiger partial charge in [-0.3, -0.25) is 9.78 Å². The number of likely N-dealkylation sites (N-methyl/N-ethyl adjacent to an activating group) is 1. The van der Waals surface area contributed by atoms with E-state index in [2.05, 4.69) is 22.4 Å². The van der Waals surface area contributed by atoms with Gasteiger partial charge in [-0.15, -0.1) is 0 Å². The lowest BCUT2D eigenvalue weighted by Gasteiger charge is -2.20. The van der Waals surface area contributed by atoms with Gasteiger partial charge < -0.3 is 10.2 Å². The zero-order chi connectivity index (χ0) is 15.1. The molecule has 0 aliphatic rings. The molecule has 2 rings (SSSR count). The fraction of sp³-hybridized carbons (Fsp3) is 0.294. The van der Waals surface area contributed by atoms with Crippen LogP contribution in [0.1, 0.15) is 17.3 Å². The number of hydrogen-bond donors (Lipinski definition) is 1. The maximum atomic E-state index is 12.0. The molecule has 1 heterocycles. The first-order chi connectivity index (χ1) is 10.1. The van der Waals surface area contributed by atoms with Crippen molar-refractivity contribution >= 4 is 5.91 Å². The van der Waals surface area contributed by atoms with E-state index >= 15 is 0 Å². The molecule has 0 aliphatic carbocycles. The minimum absolute atomic E-state index is 0.00610. The molecule has 0 bridgehead atoms. The second kappa shape index (κ2) is 7.55. The summed E-state index contributed by atoms with van der Waals surface area (Å²) in [6, 6.07) is 15.8. The third kappa shape index (κ3) is 5.00. The Hall–Kier alpha value is -2.20. The number of pyridine rings is 1. The summed E-state index contributed by atoms with van der Waals surface area (Å²) in [7, 11) is 3.76. The highest BCUT2D eigenvalue weighted by Crippen LogP contribution is 2.16. The van der Waals surface area contributed by atoms with Crippen LogP contribution in [0, 0.1) is 0 Å². The van der Waals surface area contributed by atoms with E-state index in [9.17, 15) is 4.79 Å². The highest BCUT2D eigenvalue weighted by molar-refractivity contribution is 5.78. The number of benzene rings is 1. The Morgan fingerprint density at radius 1 is 1.14 bits per heavy atom. The van der Waals surface area contributed by atoms with Crippen LogP contribution in [0.3, 0.4) is 0 Å². The lowest BCUT2D eigenvalue weighted by molar-refractivity contribution is -0.122. The van der Waals surface area contributed by atoms with Crippen molar-refractivity contribution in [2.24, 2.45) is 0 Å². The van der Waals surface area contributed by atoms with Gasteiger partial charge in [0.05, 0.1) is 18.3 Å². The number of rotatable bonds is 6. The number of amides is 1. The number of hydrogen-bond acceptors (Lipinski definition) is 3. The Balaban J connectivity index is 2.13. The summed E-state index contributed by atoms with van der Waals surface area (Å²) in [6.07, 6.45) is 2.49. The molecule has 2 aromatic rings. The molecule has 4 nitrogen and oxygen atoms in total. The van der Waals surface area contributed by atoms with Crippen LogP contribution in [0.5, 0.6) is 0 Å². The van der Waals surface area contributed by atoms with Crippen molar-refractivity contribution in [3.8, 4) is 0 Å². The first-order valence-corrected chi connectivity index (χ1v) is 7.04. The predicted octanol–water partition coefficient (Wildman–Crippen LogP) is 2.04. The molecule has 110 valence electrons. The van der Waals surface area contributed by atoms with Gasteiger partial charge >= 0.3 is 0 Å². The molecule has 21 heavy (non-hydrogen) atoms. The van der Waals surface area contributed by atoms with Crippen LogP contribution in [0.25, 0.3) is 0 Å². The normalized spacial score (nSPS) is 12.1. The van der Waals surface area contributed by atoms with Crippen LogP contribution in [0.4, 0.5) is 0 Å². The van der Waals surface area contributed by atoms with E-state index in [0.717, 1.165) is 12.1 Å². The molecular weight excluding hydrogens is 262 g/mol. The lowest BCUT2D eigenvalue weighted by atomic mass is 10.0. The fourth-order valence-corrected chi connectivity index (χ4v) is 2.19. The summed E-state index contributed by atoms with van der Waals surface area (Å²) in [4.78, 5) is 18.3. The minimum atomic E-state index is -0.110. The van der Waals surface area contributed by atoms with Gasteiger partial charge in [-0.05, 0) is 38.2 Å². The number of carbonyl (C=O) groups is 1. The number of carbonyl (C=O) groups excluding carboxylic acids is 1. The molecule has 1 aromatic heterocycles. The first-order valence-electron chi connectivity index (χ1n) is 7.04. The van der Waals surface area contributed by atoms with E-state index in [0.29, 0.717) is 6.54 Å². The zero-order valence-corrected chi connectivity index (χ0v) is 12.5. The van der Waals surface area contributed by atoms with Gasteiger partial charge in [-0.25, -0.2) is 0 Å². The van der Waals surface area contributed by atoms with E-state index in [1.165, 1.54) is 5.56 Å². The minimum Gasteiger partial charge on any atom is -0.346 e. The average molecular weight is 283 g/mol. The largest absolute Gasteiger partial charge is 0.346 e. The average Bonchev–Trinajstić information content (AvgIpc) is 2.48. The van der Waals surface area contributed by atoms with Crippen molar-refractivity contribution in [1.82, 2.24) is 15.2 Å². The van der Waals surface area contributed by atoms with Crippen molar-refractivity contribution in [3.63, 3.8) is 0 Å². The van der Waals surface area contributed by atoms with Crippen LogP contribution < -0.4 is 5.32 Å². The predicted molar refractivity (Wildman–Crippen MR) is 83.8 cm³/mol. The molecule has 0 fully saturated rings. The highest BCUT2D eigenvalue weighted by atomic mass is 16.2. The van der Waals surface area contributed by atoms with E-state index in [1.54, 1.807) is 6.20 Å². The van der Waals surface area contributed by atoms with Gasteiger partial charge in [0, 0.05) is 6.20 Å². The maximum Gasteiger partial charge on any atom is 0.234 e. The standard InChI is InChI=1S/C17H21N3O/c1-20(2)13-17(21)19-16(15-10-6-7-11-18-15)12-14-8-4-3-5-9-14/h3-11,16H,12-13H2,1-2H3,(H,19,21). The zero-order valence-electron chi connectivity index (χ0n) is 12.5. The molecule has 1 unspecified atom stereocenters. The first kappa shape index (κ1) is 15.2. The number of nitrogens with zero attached hydrogens (tertiary/aromatic N) is 2. The molecule has 1 aromatic carbocycles. The number of aromatic nitrogens is 1. The molecule has 1 N–H and O–H groups in total. The fourth-order valence-electron chi connectivity index (χ4n) is 2.19. The molecule has 0 saturated carbocycles. The van der Waals surface area contributed by atoms with Crippen LogP contribution >= 0.6 is 0 Å². The lowest BCUT2D eigenvalue weighted by Crippen LogP contribution is -2.37. The van der Waals surface area contributed by atoms with Crippen LogP contribution in [-0.4, -0.2) is 36.4 Å². The second-order valence-electron chi connectivity index (χ2n) is 5.30. The van der Waals surface area contributed by atoms with Gasteiger partial charge in [-0.2, -0.15) is 0 Å². The van der Waals surface area contributed by atoms with E-state index < -0.39 is 0 Å². The Morgan fingerprint density at radius 2 is 1.86 bits per heavy atom. The van der Waals surface area contributed by atoms with Crippen LogP contribution in [0.15, 0.2) is 54.7 Å². The van der Waals surface area contributed by atoms with Gasteiger partial charge in [0.15, 0.2) is 0 Å². The van der Waals surface area contributed by atoms with Crippen molar-refractivity contribution in [1.29, 1.82) is 0 Å². The van der Waals surface area contributed by atoms with E-state index in [4.69, 9.17) is 0 Å². The van der Waals surface area contributed by atoms with Gasteiger partial charge in [0.2, 0.25) is 5.91 Å². The summed E-state index contributed by atoms with van der Waals surface area (Å²) in [6.45, 7) is 0.373. The molecule has 0 spiro atoms. The quantitative estimate of drug-likeness (QED) is 0.882. The number of nitrogens with one attached hydrogen (secondary N) is 1. The summed E-state index contributed by atoms with van der Waals surface area (Å²) < 4.78 is 0. The highest BCUT2D eigenvalue weighted by Gasteiger charge is 2.16. The van der Waals surface area contributed by atoms with Crippen molar-refractivity contribution in [3.05, 3.63) is 66.0 Å². The molecule has 0 saturated heterocycles. The molecular formula is C17H21N3O. The topological polar surface area (TPSA) is 45.2 Å². The monoisotopic (exact) mass is 283 g/mol. The van der Waals surface area contributed by atoms with Crippen LogP contribution in [0.2, 0.25) is 0 Å². The smallest absolute Gasteiger partial charge is 0.234 e. The SMILES string of the molecule is CN(C)CC(=O)NC(Cc1ccccc1)c1ccccn1. The van der Waals surface area contributed by atoms with E-state index in [1.807, 2.05) is 55.4 Å². The van der Waals surface area contributed by atoms with Gasteiger partial charge in [-0.1, -0.05) is 36.4 Å². The van der Waals surface area contributed by atoms with E-state index in [-0.39, 0.29) is 11.9 Å². The molecule has 0 radical (unpaired) electrons. The molecule has 1 atom stereocenters. The Labute approximate surface area is 125 Å². The molecule has 0 aliphatic heterocycles. The third-order valence-corrected chi connectivity index (χ3v) is 3.12. The molecule has 1 amide bonds. The van der Waals surface area contributed by atoms with Crippen LogP contribution in [-0.2, 0) is 11.2 Å². The maximum absolute atomic E-state index is 12.0. The van der Waals surface area contributed by atoms with Crippen molar-refractivity contribution < 1.29 is 4.79 Å². The Kier molecular flexibility index (Phi) is 5.46. The summed E-state index contributed by atoms with van der Waals surface area (Å²) in [5, 5.41) is 3.07. The van der Waals surface area contributed by atoms with Gasteiger partial charge in [0.1, 0.15) is 0 Å². The second-order valence-corrected chi connectivity index (χ2v) is 5.30. The summed E-state index contributed by atoms with van der Waals surface area (Å²) in [5.41, 5.74) is 2.06.